The molecule has 1 aromatic carbocycles. The molecule has 4 heteroatoms. The van der Waals surface area contributed by atoms with Gasteiger partial charge < -0.3 is 5.32 Å². The van der Waals surface area contributed by atoms with Gasteiger partial charge in [-0.15, -0.1) is 0 Å². The van der Waals surface area contributed by atoms with E-state index in [1.54, 1.807) is 0 Å². The summed E-state index contributed by atoms with van der Waals surface area (Å²) in [6, 6.07) is 3.77. The van der Waals surface area contributed by atoms with E-state index in [2.05, 4.69) is 5.32 Å². The van der Waals surface area contributed by atoms with Crippen molar-refractivity contribution in [3.8, 4) is 0 Å². The Bertz CT molecular complexity index is 400. The van der Waals surface area contributed by atoms with Crippen LogP contribution in [0.3, 0.4) is 0 Å². The summed E-state index contributed by atoms with van der Waals surface area (Å²) in [7, 11) is 0. The van der Waals surface area contributed by atoms with Crippen molar-refractivity contribution in [3.63, 3.8) is 0 Å². The molecular formula is C12H13F2NO. The molecule has 1 N–H and O–H groups in total. The van der Waals surface area contributed by atoms with Crippen molar-refractivity contribution in [2.75, 3.05) is 5.32 Å². The van der Waals surface area contributed by atoms with Crippen molar-refractivity contribution < 1.29 is 13.6 Å². The molecule has 0 spiro atoms. The van der Waals surface area contributed by atoms with Gasteiger partial charge in [0, 0.05) is 5.92 Å². The Morgan fingerprint density at radius 1 is 1.25 bits per heavy atom. The molecule has 0 radical (unpaired) electrons. The molecule has 2 rings (SSSR count). The quantitative estimate of drug-likeness (QED) is 0.823. The van der Waals surface area contributed by atoms with E-state index in [0.29, 0.717) is 0 Å². The molecule has 0 atom stereocenters. The van der Waals surface area contributed by atoms with Crippen molar-refractivity contribution in [2.24, 2.45) is 5.92 Å². The number of halogens is 2. The molecule has 0 unspecified atom stereocenters. The number of amides is 1. The van der Waals surface area contributed by atoms with E-state index in [1.165, 1.54) is 12.1 Å². The lowest BCUT2D eigenvalue weighted by molar-refractivity contribution is -0.119. The predicted molar refractivity (Wildman–Crippen MR) is 56.9 cm³/mol. The third kappa shape index (κ3) is 2.21. The zero-order valence-electron chi connectivity index (χ0n) is 8.80. The fourth-order valence-electron chi connectivity index (χ4n) is 2.02. The van der Waals surface area contributed by atoms with Gasteiger partial charge in [0.25, 0.3) is 0 Å². The molecule has 0 aliphatic heterocycles. The number of carbonyl (C=O) groups is 1. The molecular weight excluding hydrogens is 212 g/mol. The van der Waals surface area contributed by atoms with E-state index in [4.69, 9.17) is 0 Å². The molecule has 1 saturated carbocycles. The highest BCUT2D eigenvalue weighted by atomic mass is 19.2. The third-order valence-corrected chi connectivity index (χ3v) is 2.94. The average Bonchev–Trinajstić information content (AvgIpc) is 2.78. The van der Waals surface area contributed by atoms with Crippen molar-refractivity contribution in [3.05, 3.63) is 29.8 Å². The van der Waals surface area contributed by atoms with Crippen LogP contribution in [-0.2, 0) is 4.79 Å². The monoisotopic (exact) mass is 225 g/mol. The van der Waals surface area contributed by atoms with Crippen LogP contribution in [0.1, 0.15) is 25.7 Å². The second-order valence-corrected chi connectivity index (χ2v) is 4.07. The van der Waals surface area contributed by atoms with Gasteiger partial charge in [0.2, 0.25) is 5.91 Å². The fourth-order valence-corrected chi connectivity index (χ4v) is 2.02. The lowest BCUT2D eigenvalue weighted by Gasteiger charge is -2.10. The van der Waals surface area contributed by atoms with Gasteiger partial charge in [-0.1, -0.05) is 18.9 Å². The van der Waals surface area contributed by atoms with Gasteiger partial charge in [-0.05, 0) is 25.0 Å². The molecule has 16 heavy (non-hydrogen) atoms. The van der Waals surface area contributed by atoms with Gasteiger partial charge in [-0.3, -0.25) is 4.79 Å². The summed E-state index contributed by atoms with van der Waals surface area (Å²) >= 11 is 0. The second-order valence-electron chi connectivity index (χ2n) is 4.07. The molecule has 1 aliphatic rings. The maximum Gasteiger partial charge on any atom is 0.227 e. The number of hydrogen-bond acceptors (Lipinski definition) is 1. The molecule has 1 aromatic rings. The van der Waals surface area contributed by atoms with Crippen LogP contribution >= 0.6 is 0 Å². The maximum atomic E-state index is 13.3. The minimum atomic E-state index is -0.992. The van der Waals surface area contributed by atoms with Crippen LogP contribution in [0.25, 0.3) is 0 Å². The predicted octanol–water partition coefficient (Wildman–Crippen LogP) is 3.09. The Morgan fingerprint density at radius 3 is 2.62 bits per heavy atom. The summed E-state index contributed by atoms with van der Waals surface area (Å²) in [5.41, 5.74) is -0.0723. The first-order chi connectivity index (χ1) is 7.68. The Labute approximate surface area is 92.7 Å². The molecule has 1 amide bonds. The highest BCUT2D eigenvalue weighted by Crippen LogP contribution is 2.26. The van der Waals surface area contributed by atoms with Crippen LogP contribution in [0.5, 0.6) is 0 Å². The topological polar surface area (TPSA) is 29.1 Å². The van der Waals surface area contributed by atoms with Crippen LogP contribution in [-0.4, -0.2) is 5.91 Å². The zero-order chi connectivity index (χ0) is 11.5. The first-order valence-electron chi connectivity index (χ1n) is 5.43. The summed E-state index contributed by atoms with van der Waals surface area (Å²) < 4.78 is 26.1. The Morgan fingerprint density at radius 2 is 1.94 bits per heavy atom. The molecule has 1 fully saturated rings. The molecule has 86 valence electrons. The largest absolute Gasteiger partial charge is 0.323 e. The Kier molecular flexibility index (Phi) is 3.17. The van der Waals surface area contributed by atoms with Crippen molar-refractivity contribution in [1.29, 1.82) is 0 Å². The highest BCUT2D eigenvalue weighted by molar-refractivity contribution is 5.92. The summed E-state index contributed by atoms with van der Waals surface area (Å²) in [5.74, 6) is -2.19. The highest BCUT2D eigenvalue weighted by Gasteiger charge is 2.23. The van der Waals surface area contributed by atoms with Crippen LogP contribution in [0.2, 0.25) is 0 Å². The summed E-state index contributed by atoms with van der Waals surface area (Å²) in [6.45, 7) is 0. The van der Waals surface area contributed by atoms with Crippen molar-refractivity contribution >= 4 is 11.6 Å². The number of benzene rings is 1. The fraction of sp³-hybridized carbons (Fsp3) is 0.417. The zero-order valence-corrected chi connectivity index (χ0v) is 8.80. The minimum Gasteiger partial charge on any atom is -0.323 e. The number of rotatable bonds is 2. The smallest absolute Gasteiger partial charge is 0.227 e. The first-order valence-corrected chi connectivity index (χ1v) is 5.43. The van der Waals surface area contributed by atoms with E-state index in [9.17, 15) is 13.6 Å². The van der Waals surface area contributed by atoms with Crippen LogP contribution in [0.15, 0.2) is 18.2 Å². The Hall–Kier alpha value is -1.45. The van der Waals surface area contributed by atoms with Gasteiger partial charge in [-0.25, -0.2) is 8.78 Å². The minimum absolute atomic E-state index is 0.0531. The van der Waals surface area contributed by atoms with E-state index < -0.39 is 11.6 Å². The molecule has 0 saturated heterocycles. The van der Waals surface area contributed by atoms with Crippen LogP contribution in [0.4, 0.5) is 14.5 Å². The standard InChI is InChI=1S/C12H13F2NO/c13-9-6-3-7-10(11(9)14)15-12(16)8-4-1-2-5-8/h3,6-8H,1-2,4-5H2,(H,15,16). The molecule has 0 heterocycles. The van der Waals surface area contributed by atoms with E-state index >= 15 is 0 Å². The van der Waals surface area contributed by atoms with Crippen molar-refractivity contribution in [1.82, 2.24) is 0 Å². The Balaban J connectivity index is 2.08. The van der Waals surface area contributed by atoms with Gasteiger partial charge in [0.1, 0.15) is 0 Å². The number of anilines is 1. The van der Waals surface area contributed by atoms with Crippen LogP contribution in [0, 0.1) is 17.6 Å². The van der Waals surface area contributed by atoms with Gasteiger partial charge in [0.15, 0.2) is 11.6 Å². The van der Waals surface area contributed by atoms with Crippen LogP contribution < -0.4 is 5.32 Å². The van der Waals surface area contributed by atoms with Gasteiger partial charge in [0.05, 0.1) is 5.69 Å². The molecule has 0 aromatic heterocycles. The van der Waals surface area contributed by atoms with E-state index in [1.807, 2.05) is 0 Å². The molecule has 2 nitrogen and oxygen atoms in total. The molecule has 0 bridgehead atoms. The van der Waals surface area contributed by atoms with Gasteiger partial charge >= 0.3 is 0 Å². The number of carbonyl (C=O) groups excluding carboxylic acids is 1. The molecule has 1 aliphatic carbocycles. The van der Waals surface area contributed by atoms with E-state index in [0.717, 1.165) is 31.7 Å². The van der Waals surface area contributed by atoms with Crippen molar-refractivity contribution in [2.45, 2.75) is 25.7 Å². The van der Waals surface area contributed by atoms with Gasteiger partial charge in [-0.2, -0.15) is 0 Å². The summed E-state index contributed by atoms with van der Waals surface area (Å²) in [4.78, 5) is 11.7. The number of nitrogens with one attached hydrogen (secondary N) is 1. The lowest BCUT2D eigenvalue weighted by atomic mass is 10.1. The van der Waals surface area contributed by atoms with E-state index in [-0.39, 0.29) is 17.5 Å². The summed E-state index contributed by atoms with van der Waals surface area (Å²) in [5, 5.41) is 2.44. The maximum absolute atomic E-state index is 13.3. The summed E-state index contributed by atoms with van der Waals surface area (Å²) in [6.07, 6.45) is 3.74. The first kappa shape index (κ1) is 11.0. The second kappa shape index (κ2) is 4.60. The third-order valence-electron chi connectivity index (χ3n) is 2.94. The average molecular weight is 225 g/mol. The SMILES string of the molecule is O=C(Nc1cccc(F)c1F)C1CCCC1. The lowest BCUT2D eigenvalue weighted by Crippen LogP contribution is -2.21. The number of hydrogen-bond donors (Lipinski definition) is 1. The normalized spacial score (nSPS) is 16.4.